The molecular formula is C17H19NO2. The van der Waals surface area contributed by atoms with Gasteiger partial charge in [0.2, 0.25) is 0 Å². The summed E-state index contributed by atoms with van der Waals surface area (Å²) in [4.78, 5) is 14.2. The van der Waals surface area contributed by atoms with Crippen molar-refractivity contribution in [1.29, 1.82) is 0 Å². The van der Waals surface area contributed by atoms with Crippen LogP contribution in [0.3, 0.4) is 0 Å². The maximum absolute atomic E-state index is 12.3. The molecule has 0 radical (unpaired) electrons. The summed E-state index contributed by atoms with van der Waals surface area (Å²) in [5, 5.41) is 0. The zero-order chi connectivity index (χ0) is 14.4. The minimum absolute atomic E-state index is 0.231. The van der Waals surface area contributed by atoms with E-state index in [1.165, 1.54) is 0 Å². The van der Waals surface area contributed by atoms with Gasteiger partial charge >= 0.3 is 5.97 Å². The van der Waals surface area contributed by atoms with Crippen LogP contribution in [0.2, 0.25) is 0 Å². The van der Waals surface area contributed by atoms with E-state index in [0.717, 1.165) is 11.3 Å². The number of esters is 1. The highest BCUT2D eigenvalue weighted by atomic mass is 16.5. The third-order valence-corrected chi connectivity index (χ3v) is 3.18. The molecule has 0 aliphatic rings. The van der Waals surface area contributed by atoms with E-state index in [9.17, 15) is 4.79 Å². The van der Waals surface area contributed by atoms with Crippen molar-refractivity contribution in [3.05, 3.63) is 66.2 Å². The number of carbonyl (C=O) groups is 1. The van der Waals surface area contributed by atoms with Crippen molar-refractivity contribution in [3.8, 4) is 0 Å². The summed E-state index contributed by atoms with van der Waals surface area (Å²) >= 11 is 0. The number of rotatable bonds is 5. The van der Waals surface area contributed by atoms with Crippen LogP contribution in [0.1, 0.15) is 18.5 Å². The second-order valence-corrected chi connectivity index (χ2v) is 4.51. The van der Waals surface area contributed by atoms with E-state index >= 15 is 0 Å². The lowest BCUT2D eigenvalue weighted by Crippen LogP contribution is -2.32. The van der Waals surface area contributed by atoms with Gasteiger partial charge in [-0.1, -0.05) is 48.5 Å². The minimum atomic E-state index is -0.432. The maximum atomic E-state index is 12.3. The molecule has 0 bridgehead atoms. The molecule has 2 rings (SSSR count). The smallest absolute Gasteiger partial charge is 0.333 e. The van der Waals surface area contributed by atoms with Crippen LogP contribution in [0.4, 0.5) is 5.69 Å². The Morgan fingerprint density at radius 3 is 2.15 bits per heavy atom. The van der Waals surface area contributed by atoms with Gasteiger partial charge in [0.05, 0.1) is 6.61 Å². The topological polar surface area (TPSA) is 29.5 Å². The van der Waals surface area contributed by atoms with Gasteiger partial charge in [0.1, 0.15) is 0 Å². The van der Waals surface area contributed by atoms with Crippen LogP contribution < -0.4 is 4.90 Å². The summed E-state index contributed by atoms with van der Waals surface area (Å²) in [6.45, 7) is 2.20. The molecule has 0 heterocycles. The first-order valence-corrected chi connectivity index (χ1v) is 6.73. The quantitative estimate of drug-likeness (QED) is 0.779. The third-order valence-electron chi connectivity index (χ3n) is 3.18. The lowest BCUT2D eigenvalue weighted by Gasteiger charge is -2.28. The Kier molecular flexibility index (Phi) is 4.77. The predicted octanol–water partition coefficient (Wildman–Crippen LogP) is 3.43. The number of anilines is 1. The van der Waals surface area contributed by atoms with E-state index in [1.54, 1.807) is 0 Å². The fourth-order valence-corrected chi connectivity index (χ4v) is 2.19. The van der Waals surface area contributed by atoms with Crippen LogP contribution in [0, 0.1) is 0 Å². The highest BCUT2D eigenvalue weighted by Gasteiger charge is 2.26. The zero-order valence-electron chi connectivity index (χ0n) is 11.8. The maximum Gasteiger partial charge on any atom is 0.333 e. The number of carbonyl (C=O) groups excluding carboxylic acids is 1. The Labute approximate surface area is 119 Å². The van der Waals surface area contributed by atoms with Gasteiger partial charge in [-0.2, -0.15) is 0 Å². The number of likely N-dealkylation sites (N-methyl/N-ethyl adjacent to an activating group) is 1. The van der Waals surface area contributed by atoms with Gasteiger partial charge < -0.3 is 9.64 Å². The first kappa shape index (κ1) is 14.1. The van der Waals surface area contributed by atoms with Crippen LogP contribution in [0.25, 0.3) is 0 Å². The lowest BCUT2D eigenvalue weighted by molar-refractivity contribution is -0.144. The van der Waals surface area contributed by atoms with Crippen LogP contribution >= 0.6 is 0 Å². The molecule has 0 N–H and O–H groups in total. The van der Waals surface area contributed by atoms with Gasteiger partial charge in [-0.15, -0.1) is 0 Å². The van der Waals surface area contributed by atoms with Crippen LogP contribution in [-0.4, -0.2) is 19.6 Å². The van der Waals surface area contributed by atoms with Crippen molar-refractivity contribution in [2.75, 3.05) is 18.6 Å². The molecule has 0 aromatic heterocycles. The van der Waals surface area contributed by atoms with Crippen LogP contribution in [0.5, 0.6) is 0 Å². The minimum Gasteiger partial charge on any atom is -0.464 e. The van der Waals surface area contributed by atoms with Crippen molar-refractivity contribution in [1.82, 2.24) is 0 Å². The molecular weight excluding hydrogens is 250 g/mol. The van der Waals surface area contributed by atoms with E-state index in [4.69, 9.17) is 4.74 Å². The molecule has 1 atom stereocenters. The highest BCUT2D eigenvalue weighted by Crippen LogP contribution is 2.26. The van der Waals surface area contributed by atoms with Crippen LogP contribution in [0.15, 0.2) is 60.7 Å². The van der Waals surface area contributed by atoms with Crippen molar-refractivity contribution >= 4 is 11.7 Å². The van der Waals surface area contributed by atoms with Crippen LogP contribution in [-0.2, 0) is 9.53 Å². The van der Waals surface area contributed by atoms with Crippen molar-refractivity contribution in [3.63, 3.8) is 0 Å². The summed E-state index contributed by atoms with van der Waals surface area (Å²) in [5.41, 5.74) is 1.91. The zero-order valence-corrected chi connectivity index (χ0v) is 11.8. The van der Waals surface area contributed by atoms with E-state index in [1.807, 2.05) is 79.5 Å². The third kappa shape index (κ3) is 3.18. The average molecular weight is 269 g/mol. The predicted molar refractivity (Wildman–Crippen MR) is 80.7 cm³/mol. The number of para-hydroxylation sites is 1. The molecule has 0 aliphatic heterocycles. The molecule has 0 amide bonds. The highest BCUT2D eigenvalue weighted by molar-refractivity contribution is 5.81. The van der Waals surface area contributed by atoms with Crippen molar-refractivity contribution < 1.29 is 9.53 Å². The summed E-state index contributed by atoms with van der Waals surface area (Å²) in [6.07, 6.45) is 0. The normalized spacial score (nSPS) is 11.7. The second-order valence-electron chi connectivity index (χ2n) is 4.51. The van der Waals surface area contributed by atoms with Crippen molar-refractivity contribution in [2.24, 2.45) is 0 Å². The molecule has 2 aromatic rings. The van der Waals surface area contributed by atoms with E-state index < -0.39 is 6.04 Å². The van der Waals surface area contributed by atoms with E-state index in [0.29, 0.717) is 6.61 Å². The molecule has 0 unspecified atom stereocenters. The first-order valence-electron chi connectivity index (χ1n) is 6.73. The Bertz CT molecular complexity index is 539. The Hall–Kier alpha value is -2.29. The standard InChI is InChI=1S/C17H19NO2/c1-3-20-17(19)16(14-10-6-4-7-11-14)18(2)15-12-8-5-9-13-15/h4-13,16H,3H2,1-2H3/t16-/m1/s1. The summed E-state index contributed by atoms with van der Waals surface area (Å²) in [6, 6.07) is 19.1. The van der Waals surface area contributed by atoms with Gasteiger partial charge in [0, 0.05) is 12.7 Å². The van der Waals surface area contributed by atoms with Gasteiger partial charge in [-0.05, 0) is 24.6 Å². The molecule has 0 spiro atoms. The summed E-state index contributed by atoms with van der Waals surface area (Å²) < 4.78 is 5.22. The first-order chi connectivity index (χ1) is 9.74. The summed E-state index contributed by atoms with van der Waals surface area (Å²) in [5.74, 6) is -0.231. The average Bonchev–Trinajstić information content (AvgIpc) is 2.50. The summed E-state index contributed by atoms with van der Waals surface area (Å²) in [7, 11) is 1.91. The lowest BCUT2D eigenvalue weighted by atomic mass is 10.1. The molecule has 2 aromatic carbocycles. The molecule has 104 valence electrons. The molecule has 0 aliphatic carbocycles. The van der Waals surface area contributed by atoms with Crippen molar-refractivity contribution in [2.45, 2.75) is 13.0 Å². The van der Waals surface area contributed by atoms with Gasteiger partial charge in [-0.25, -0.2) is 4.79 Å². The number of hydrogen-bond acceptors (Lipinski definition) is 3. The largest absolute Gasteiger partial charge is 0.464 e. The Morgan fingerprint density at radius 2 is 1.60 bits per heavy atom. The number of hydrogen-bond donors (Lipinski definition) is 0. The van der Waals surface area contributed by atoms with Gasteiger partial charge in [0.15, 0.2) is 6.04 Å². The fraction of sp³-hybridized carbons (Fsp3) is 0.235. The Balaban J connectivity index is 2.34. The molecule has 0 saturated carbocycles. The Morgan fingerprint density at radius 1 is 1.05 bits per heavy atom. The second kappa shape index (κ2) is 6.75. The fourth-order valence-electron chi connectivity index (χ4n) is 2.19. The SMILES string of the molecule is CCOC(=O)[C@@H](c1ccccc1)N(C)c1ccccc1. The number of nitrogens with zero attached hydrogens (tertiary/aromatic N) is 1. The molecule has 3 nitrogen and oxygen atoms in total. The van der Waals surface area contributed by atoms with E-state index in [-0.39, 0.29) is 5.97 Å². The molecule has 3 heteroatoms. The van der Waals surface area contributed by atoms with Gasteiger partial charge in [-0.3, -0.25) is 0 Å². The van der Waals surface area contributed by atoms with Gasteiger partial charge in [0.25, 0.3) is 0 Å². The number of ether oxygens (including phenoxy) is 1. The monoisotopic (exact) mass is 269 g/mol. The molecule has 20 heavy (non-hydrogen) atoms. The molecule has 0 fully saturated rings. The number of benzene rings is 2. The molecule has 0 saturated heterocycles. The van der Waals surface area contributed by atoms with E-state index in [2.05, 4.69) is 0 Å².